The molecule has 0 heterocycles. The summed E-state index contributed by atoms with van der Waals surface area (Å²) >= 11 is 0. The van der Waals surface area contributed by atoms with Gasteiger partial charge in [0.25, 0.3) is 0 Å². The van der Waals surface area contributed by atoms with Crippen LogP contribution < -0.4 is 4.90 Å². The molecule has 116 valence electrons. The molecule has 0 amide bonds. The van der Waals surface area contributed by atoms with Crippen LogP contribution in [0.4, 0.5) is 14.5 Å². The van der Waals surface area contributed by atoms with Crippen molar-refractivity contribution in [3.63, 3.8) is 0 Å². The van der Waals surface area contributed by atoms with E-state index in [0.717, 1.165) is 5.69 Å². The molecule has 1 aromatic rings. The van der Waals surface area contributed by atoms with E-state index in [0.29, 0.717) is 24.9 Å². The molecule has 0 aromatic heterocycles. The van der Waals surface area contributed by atoms with Crippen LogP contribution in [-0.2, 0) is 4.74 Å². The third-order valence-corrected chi connectivity index (χ3v) is 4.09. The van der Waals surface area contributed by atoms with E-state index < -0.39 is 11.9 Å². The van der Waals surface area contributed by atoms with E-state index in [2.05, 4.69) is 0 Å². The Labute approximate surface area is 123 Å². The summed E-state index contributed by atoms with van der Waals surface area (Å²) in [7, 11) is 1.34. The van der Waals surface area contributed by atoms with Gasteiger partial charge in [-0.3, -0.25) is 0 Å². The maximum absolute atomic E-state index is 13.3. The topological polar surface area (TPSA) is 29.5 Å². The molecule has 0 spiro atoms. The van der Waals surface area contributed by atoms with Crippen molar-refractivity contribution >= 4 is 11.7 Å². The van der Waals surface area contributed by atoms with Gasteiger partial charge in [0.15, 0.2) is 0 Å². The maximum atomic E-state index is 13.3. The Morgan fingerprint density at radius 1 is 1.33 bits per heavy atom. The molecule has 1 saturated carbocycles. The second-order valence-electron chi connectivity index (χ2n) is 5.38. The number of rotatable bonds is 4. The lowest BCUT2D eigenvalue weighted by Crippen LogP contribution is -2.41. The molecule has 0 unspecified atom stereocenters. The highest BCUT2D eigenvalue weighted by Crippen LogP contribution is 2.37. The molecular formula is C16H21F2NO2. The highest BCUT2D eigenvalue weighted by Gasteiger charge is 2.37. The summed E-state index contributed by atoms with van der Waals surface area (Å²) in [6, 6.07) is 7.23. The fourth-order valence-electron chi connectivity index (χ4n) is 2.97. The number of esters is 1. The van der Waals surface area contributed by atoms with Crippen molar-refractivity contribution in [1.82, 2.24) is 0 Å². The van der Waals surface area contributed by atoms with Crippen LogP contribution in [0.2, 0.25) is 0 Å². The van der Waals surface area contributed by atoms with Gasteiger partial charge in [0.05, 0.1) is 18.4 Å². The SMILES string of the molecule is CCN(c1ccccc1C(=O)OC)C1CCC(F)(F)CC1. The van der Waals surface area contributed by atoms with E-state index in [4.69, 9.17) is 4.74 Å². The Hall–Kier alpha value is -1.65. The van der Waals surface area contributed by atoms with Crippen LogP contribution in [0.3, 0.4) is 0 Å². The molecule has 21 heavy (non-hydrogen) atoms. The lowest BCUT2D eigenvalue weighted by molar-refractivity contribution is -0.0380. The number of nitrogens with zero attached hydrogens (tertiary/aromatic N) is 1. The monoisotopic (exact) mass is 297 g/mol. The quantitative estimate of drug-likeness (QED) is 0.790. The summed E-state index contributed by atoms with van der Waals surface area (Å²) < 4.78 is 31.4. The van der Waals surface area contributed by atoms with Crippen LogP contribution in [0.5, 0.6) is 0 Å². The Kier molecular flexibility index (Phi) is 4.80. The van der Waals surface area contributed by atoms with Crippen molar-refractivity contribution in [2.24, 2.45) is 0 Å². The number of ether oxygens (including phenoxy) is 1. The number of benzene rings is 1. The molecule has 1 fully saturated rings. The fraction of sp³-hybridized carbons (Fsp3) is 0.562. The Bertz CT molecular complexity index is 495. The zero-order valence-electron chi connectivity index (χ0n) is 12.4. The van der Waals surface area contributed by atoms with Crippen molar-refractivity contribution in [3.8, 4) is 0 Å². The van der Waals surface area contributed by atoms with Crippen LogP contribution >= 0.6 is 0 Å². The number of anilines is 1. The van der Waals surface area contributed by atoms with Gasteiger partial charge < -0.3 is 9.64 Å². The Balaban J connectivity index is 2.24. The second kappa shape index (κ2) is 6.41. The molecule has 0 N–H and O–H groups in total. The predicted molar refractivity (Wildman–Crippen MR) is 78.0 cm³/mol. The average Bonchev–Trinajstić information content (AvgIpc) is 2.49. The number of alkyl halides is 2. The molecule has 0 radical (unpaired) electrons. The molecule has 0 atom stereocenters. The van der Waals surface area contributed by atoms with Crippen LogP contribution in [0.15, 0.2) is 24.3 Å². The Morgan fingerprint density at radius 3 is 2.52 bits per heavy atom. The van der Waals surface area contributed by atoms with E-state index in [1.54, 1.807) is 12.1 Å². The molecule has 2 rings (SSSR count). The molecular weight excluding hydrogens is 276 g/mol. The maximum Gasteiger partial charge on any atom is 0.339 e. The highest BCUT2D eigenvalue weighted by atomic mass is 19.3. The van der Waals surface area contributed by atoms with Gasteiger partial charge >= 0.3 is 5.97 Å². The van der Waals surface area contributed by atoms with Gasteiger partial charge in [-0.15, -0.1) is 0 Å². The minimum Gasteiger partial charge on any atom is -0.465 e. The first-order chi connectivity index (χ1) is 9.98. The number of halogens is 2. The van der Waals surface area contributed by atoms with E-state index >= 15 is 0 Å². The molecule has 1 aliphatic carbocycles. The zero-order chi connectivity index (χ0) is 15.5. The normalized spacial score (nSPS) is 18.3. The zero-order valence-corrected chi connectivity index (χ0v) is 12.4. The molecule has 1 aliphatic rings. The summed E-state index contributed by atoms with van der Waals surface area (Å²) in [6.07, 6.45) is 0.704. The van der Waals surface area contributed by atoms with Gasteiger partial charge in [0, 0.05) is 25.4 Å². The van der Waals surface area contributed by atoms with Gasteiger partial charge in [-0.25, -0.2) is 13.6 Å². The number of para-hydroxylation sites is 1. The van der Waals surface area contributed by atoms with E-state index in [-0.39, 0.29) is 18.9 Å². The molecule has 0 bridgehead atoms. The largest absolute Gasteiger partial charge is 0.465 e. The molecule has 3 nitrogen and oxygen atoms in total. The van der Waals surface area contributed by atoms with E-state index in [1.165, 1.54) is 7.11 Å². The Morgan fingerprint density at radius 2 is 1.95 bits per heavy atom. The van der Waals surface area contributed by atoms with Crippen LogP contribution in [0.1, 0.15) is 43.0 Å². The predicted octanol–water partition coefficient (Wildman–Crippen LogP) is 3.88. The molecule has 1 aromatic carbocycles. The highest BCUT2D eigenvalue weighted by molar-refractivity contribution is 5.95. The van der Waals surface area contributed by atoms with Gasteiger partial charge in [-0.05, 0) is 31.9 Å². The lowest BCUT2D eigenvalue weighted by Gasteiger charge is -2.38. The third-order valence-electron chi connectivity index (χ3n) is 4.09. The number of carbonyl (C=O) groups is 1. The lowest BCUT2D eigenvalue weighted by atomic mass is 9.90. The fourth-order valence-corrected chi connectivity index (χ4v) is 2.97. The van der Waals surface area contributed by atoms with E-state index in [1.807, 2.05) is 24.0 Å². The summed E-state index contributed by atoms with van der Waals surface area (Å²) in [5.41, 5.74) is 1.25. The van der Waals surface area contributed by atoms with E-state index in [9.17, 15) is 13.6 Å². The third kappa shape index (κ3) is 3.52. The standard InChI is InChI=1S/C16H21F2NO2/c1-3-19(12-8-10-16(17,18)11-9-12)14-7-5-4-6-13(14)15(20)21-2/h4-7,12H,3,8-11H2,1-2H3. The summed E-state index contributed by atoms with van der Waals surface area (Å²) in [6.45, 7) is 2.64. The van der Waals surface area contributed by atoms with Gasteiger partial charge in [-0.1, -0.05) is 12.1 Å². The van der Waals surface area contributed by atoms with Crippen molar-refractivity contribution < 1.29 is 18.3 Å². The van der Waals surface area contributed by atoms with Crippen molar-refractivity contribution in [3.05, 3.63) is 29.8 Å². The first-order valence-electron chi connectivity index (χ1n) is 7.30. The van der Waals surface area contributed by atoms with Crippen molar-refractivity contribution in [2.75, 3.05) is 18.6 Å². The number of methoxy groups -OCH3 is 1. The summed E-state index contributed by atoms with van der Waals surface area (Å²) in [5, 5.41) is 0. The molecule has 0 aliphatic heterocycles. The van der Waals surface area contributed by atoms with Gasteiger partial charge in [0.1, 0.15) is 0 Å². The second-order valence-corrected chi connectivity index (χ2v) is 5.38. The summed E-state index contributed by atoms with van der Waals surface area (Å²) in [5.74, 6) is -2.94. The van der Waals surface area contributed by atoms with Crippen LogP contribution in [0, 0.1) is 0 Å². The van der Waals surface area contributed by atoms with Crippen LogP contribution in [-0.4, -0.2) is 31.6 Å². The number of carbonyl (C=O) groups excluding carboxylic acids is 1. The van der Waals surface area contributed by atoms with Gasteiger partial charge in [0.2, 0.25) is 5.92 Å². The molecule has 5 heteroatoms. The minimum atomic E-state index is -2.54. The smallest absolute Gasteiger partial charge is 0.339 e. The van der Waals surface area contributed by atoms with Crippen molar-refractivity contribution in [2.45, 2.75) is 44.6 Å². The average molecular weight is 297 g/mol. The number of hydrogen-bond donors (Lipinski definition) is 0. The number of hydrogen-bond acceptors (Lipinski definition) is 3. The minimum absolute atomic E-state index is 0.0421. The first kappa shape index (κ1) is 15.7. The molecule has 0 saturated heterocycles. The summed E-state index contributed by atoms with van der Waals surface area (Å²) in [4.78, 5) is 13.9. The van der Waals surface area contributed by atoms with Crippen LogP contribution in [0.25, 0.3) is 0 Å². The van der Waals surface area contributed by atoms with Crippen molar-refractivity contribution in [1.29, 1.82) is 0 Å². The van der Waals surface area contributed by atoms with Gasteiger partial charge in [-0.2, -0.15) is 0 Å². The first-order valence-corrected chi connectivity index (χ1v) is 7.30.